The van der Waals surface area contributed by atoms with Crippen LogP contribution in [0.15, 0.2) is 12.1 Å². The average molecular weight is 300 g/mol. The van der Waals surface area contributed by atoms with Crippen LogP contribution in [0.25, 0.3) is 5.65 Å². The maximum absolute atomic E-state index is 12.0. The Kier molecular flexibility index (Phi) is 3.02. The minimum atomic E-state index is 0.0590. The van der Waals surface area contributed by atoms with Crippen LogP contribution in [-0.4, -0.2) is 44.8 Å². The summed E-state index contributed by atoms with van der Waals surface area (Å²) in [5, 5.41) is 16.0. The Morgan fingerprint density at radius 2 is 2.05 bits per heavy atom. The number of anilines is 1. The van der Waals surface area contributed by atoms with Crippen molar-refractivity contribution in [3.8, 4) is 0 Å². The summed E-state index contributed by atoms with van der Waals surface area (Å²) in [5.74, 6) is 2.56. The van der Waals surface area contributed by atoms with Crippen molar-refractivity contribution in [2.24, 2.45) is 5.92 Å². The minimum Gasteiger partial charge on any atom is -0.354 e. The zero-order valence-corrected chi connectivity index (χ0v) is 12.9. The topological polar surface area (TPSA) is 75.4 Å². The van der Waals surface area contributed by atoms with Gasteiger partial charge in [0.15, 0.2) is 11.5 Å². The maximum Gasteiger partial charge on any atom is 0.226 e. The number of fused-ring (bicyclic) bond motifs is 1. The summed E-state index contributed by atoms with van der Waals surface area (Å²) in [5.41, 5.74) is 0.792. The fourth-order valence-corrected chi connectivity index (χ4v) is 2.79. The van der Waals surface area contributed by atoms with E-state index >= 15 is 0 Å². The number of hydrogen-bond donors (Lipinski definition) is 1. The first-order chi connectivity index (χ1) is 10.6. The van der Waals surface area contributed by atoms with Gasteiger partial charge in [-0.05, 0) is 38.8 Å². The molecule has 0 aromatic carbocycles. The van der Waals surface area contributed by atoms with Crippen molar-refractivity contribution in [3.63, 3.8) is 0 Å². The monoisotopic (exact) mass is 300 g/mol. The highest BCUT2D eigenvalue weighted by molar-refractivity contribution is 5.82. The van der Waals surface area contributed by atoms with E-state index in [0.717, 1.165) is 30.4 Å². The Morgan fingerprint density at radius 1 is 1.27 bits per heavy atom. The van der Waals surface area contributed by atoms with E-state index in [0.29, 0.717) is 5.92 Å². The lowest BCUT2D eigenvalue weighted by atomic mass is 9.99. The lowest BCUT2D eigenvalue weighted by Crippen LogP contribution is -2.55. The fourth-order valence-electron chi connectivity index (χ4n) is 2.79. The number of rotatable bonds is 4. The van der Waals surface area contributed by atoms with Crippen molar-refractivity contribution in [2.75, 3.05) is 18.0 Å². The van der Waals surface area contributed by atoms with Crippen molar-refractivity contribution in [2.45, 2.75) is 38.6 Å². The molecule has 1 N–H and O–H groups in total. The third-order valence-corrected chi connectivity index (χ3v) is 4.22. The summed E-state index contributed by atoms with van der Waals surface area (Å²) in [7, 11) is 0. The molecular weight excluding hydrogens is 280 g/mol. The minimum absolute atomic E-state index is 0.0590. The fraction of sp³-hybridized carbons (Fsp3) is 0.600. The third-order valence-electron chi connectivity index (χ3n) is 4.22. The van der Waals surface area contributed by atoms with Crippen LogP contribution in [0, 0.1) is 5.92 Å². The quantitative estimate of drug-likeness (QED) is 0.910. The second-order valence-corrected chi connectivity index (χ2v) is 6.56. The molecule has 2 aliphatic rings. The van der Waals surface area contributed by atoms with E-state index in [1.54, 1.807) is 0 Å². The molecule has 0 spiro atoms. The molecule has 0 bridgehead atoms. The summed E-state index contributed by atoms with van der Waals surface area (Å²) < 4.78 is 1.86. The summed E-state index contributed by atoms with van der Waals surface area (Å²) >= 11 is 0. The first-order valence-electron chi connectivity index (χ1n) is 7.89. The van der Waals surface area contributed by atoms with Gasteiger partial charge in [0.1, 0.15) is 5.82 Å². The van der Waals surface area contributed by atoms with Crippen LogP contribution in [0.2, 0.25) is 0 Å². The highest BCUT2D eigenvalue weighted by Crippen LogP contribution is 2.38. The van der Waals surface area contributed by atoms with Crippen molar-refractivity contribution >= 4 is 17.4 Å². The summed E-state index contributed by atoms with van der Waals surface area (Å²) in [4.78, 5) is 14.1. The molecule has 1 saturated heterocycles. The predicted molar refractivity (Wildman–Crippen MR) is 81.7 cm³/mol. The van der Waals surface area contributed by atoms with E-state index in [-0.39, 0.29) is 17.9 Å². The SMILES string of the molecule is CC(C)NC(=O)C1CN(c2ccc3nnc(C4CC4)n3n2)C1. The van der Waals surface area contributed by atoms with E-state index in [1.165, 1.54) is 12.8 Å². The Hall–Kier alpha value is -2.18. The molecular formula is C15H20N6O. The molecule has 2 aromatic rings. The number of nitrogens with zero attached hydrogens (tertiary/aromatic N) is 5. The zero-order valence-electron chi connectivity index (χ0n) is 12.9. The van der Waals surface area contributed by atoms with E-state index in [2.05, 4.69) is 25.5 Å². The number of nitrogens with one attached hydrogen (secondary N) is 1. The van der Waals surface area contributed by atoms with Crippen LogP contribution in [0.4, 0.5) is 5.82 Å². The number of aromatic nitrogens is 4. The Labute approximate surface area is 128 Å². The van der Waals surface area contributed by atoms with Gasteiger partial charge in [-0.2, -0.15) is 4.52 Å². The number of carbonyl (C=O) groups excluding carboxylic acids is 1. The smallest absolute Gasteiger partial charge is 0.226 e. The average Bonchev–Trinajstić information content (AvgIpc) is 3.16. The van der Waals surface area contributed by atoms with E-state index in [9.17, 15) is 4.79 Å². The lowest BCUT2D eigenvalue weighted by molar-refractivity contribution is -0.126. The van der Waals surface area contributed by atoms with Crippen molar-refractivity contribution in [3.05, 3.63) is 18.0 Å². The molecule has 3 heterocycles. The van der Waals surface area contributed by atoms with Gasteiger partial charge < -0.3 is 10.2 Å². The second kappa shape index (κ2) is 4.93. The van der Waals surface area contributed by atoms with Gasteiger partial charge in [-0.25, -0.2) is 0 Å². The van der Waals surface area contributed by atoms with Crippen LogP contribution in [0.1, 0.15) is 38.4 Å². The summed E-state index contributed by atoms with van der Waals surface area (Å²) in [6.45, 7) is 5.40. The molecule has 7 heteroatoms. The first-order valence-corrected chi connectivity index (χ1v) is 7.89. The van der Waals surface area contributed by atoms with Crippen molar-refractivity contribution in [1.29, 1.82) is 0 Å². The van der Waals surface area contributed by atoms with Crippen LogP contribution in [0.5, 0.6) is 0 Å². The Morgan fingerprint density at radius 3 is 2.73 bits per heavy atom. The molecule has 1 amide bonds. The van der Waals surface area contributed by atoms with E-state index in [4.69, 9.17) is 0 Å². The first kappa shape index (κ1) is 13.5. The summed E-state index contributed by atoms with van der Waals surface area (Å²) in [6, 6.07) is 4.09. The van der Waals surface area contributed by atoms with E-state index in [1.807, 2.05) is 30.5 Å². The molecule has 4 rings (SSSR count). The molecule has 0 radical (unpaired) electrons. The summed E-state index contributed by atoms with van der Waals surface area (Å²) in [6.07, 6.45) is 2.35. The zero-order chi connectivity index (χ0) is 15.3. The molecule has 2 aromatic heterocycles. The van der Waals surface area contributed by atoms with Crippen molar-refractivity contribution in [1.82, 2.24) is 25.1 Å². The van der Waals surface area contributed by atoms with Gasteiger partial charge >= 0.3 is 0 Å². The van der Waals surface area contributed by atoms with E-state index < -0.39 is 0 Å². The maximum atomic E-state index is 12.0. The highest BCUT2D eigenvalue weighted by Gasteiger charge is 2.34. The normalized spacial score (nSPS) is 18.8. The molecule has 22 heavy (non-hydrogen) atoms. The molecule has 0 atom stereocenters. The lowest BCUT2D eigenvalue weighted by Gasteiger charge is -2.39. The van der Waals surface area contributed by atoms with Crippen LogP contribution in [0.3, 0.4) is 0 Å². The van der Waals surface area contributed by atoms with Crippen molar-refractivity contribution < 1.29 is 4.79 Å². The third kappa shape index (κ3) is 2.30. The molecule has 7 nitrogen and oxygen atoms in total. The molecule has 116 valence electrons. The van der Waals surface area contributed by atoms with Gasteiger partial charge in [0.2, 0.25) is 5.91 Å². The second-order valence-electron chi connectivity index (χ2n) is 6.56. The van der Waals surface area contributed by atoms with Gasteiger partial charge in [0, 0.05) is 25.0 Å². The Bertz CT molecular complexity index is 714. The largest absolute Gasteiger partial charge is 0.354 e. The highest BCUT2D eigenvalue weighted by atomic mass is 16.2. The standard InChI is InChI=1S/C15H20N6O/c1-9(2)16-15(22)11-7-20(8-11)13-6-5-12-17-18-14(10-3-4-10)21(12)19-13/h5-6,9-11H,3-4,7-8H2,1-2H3,(H,16,22). The number of carbonyl (C=O) groups is 1. The van der Waals surface area contributed by atoms with Crippen LogP contribution < -0.4 is 10.2 Å². The van der Waals surface area contributed by atoms with Crippen LogP contribution >= 0.6 is 0 Å². The number of hydrogen-bond acceptors (Lipinski definition) is 5. The molecule has 2 fully saturated rings. The predicted octanol–water partition coefficient (Wildman–Crippen LogP) is 0.962. The number of amides is 1. The van der Waals surface area contributed by atoms with Crippen LogP contribution in [-0.2, 0) is 4.79 Å². The van der Waals surface area contributed by atoms with Gasteiger partial charge in [0.25, 0.3) is 0 Å². The van der Waals surface area contributed by atoms with Gasteiger partial charge in [0.05, 0.1) is 5.92 Å². The van der Waals surface area contributed by atoms with Gasteiger partial charge in [-0.1, -0.05) is 0 Å². The molecule has 1 aliphatic carbocycles. The molecule has 0 unspecified atom stereocenters. The molecule has 1 saturated carbocycles. The molecule has 1 aliphatic heterocycles. The Balaban J connectivity index is 1.49. The van der Waals surface area contributed by atoms with Gasteiger partial charge in [-0.3, -0.25) is 4.79 Å². The van der Waals surface area contributed by atoms with Gasteiger partial charge in [-0.15, -0.1) is 15.3 Å².